The van der Waals surface area contributed by atoms with Crippen LogP contribution in [-0.4, -0.2) is 16.8 Å². The molecule has 0 heterocycles. The molecule has 1 rings (SSSR count). The van der Waals surface area contributed by atoms with Gasteiger partial charge in [-0.2, -0.15) is 12.6 Å². The van der Waals surface area contributed by atoms with E-state index in [1.54, 1.807) is 18.2 Å². The maximum atomic E-state index is 10.6. The van der Waals surface area contributed by atoms with E-state index in [2.05, 4.69) is 12.6 Å². The number of carboxylic acid groups (broad SMARTS) is 1. The number of hydrogen-bond acceptors (Lipinski definition) is 2. The Bertz CT molecular complexity index is 310. The molecule has 0 aliphatic carbocycles. The molecule has 3 heteroatoms. The third kappa shape index (κ3) is 2.49. The van der Waals surface area contributed by atoms with Gasteiger partial charge in [0.1, 0.15) is 0 Å². The highest BCUT2D eigenvalue weighted by atomic mass is 32.1. The molecule has 0 bridgehead atoms. The van der Waals surface area contributed by atoms with Gasteiger partial charge in [-0.15, -0.1) is 0 Å². The van der Waals surface area contributed by atoms with E-state index >= 15 is 0 Å². The number of aromatic carboxylic acids is 1. The van der Waals surface area contributed by atoms with E-state index in [1.807, 2.05) is 13.0 Å². The van der Waals surface area contributed by atoms with Crippen LogP contribution in [0, 0.1) is 0 Å². The number of carboxylic acids is 1. The fraction of sp³-hybridized carbons (Fsp3) is 0.300. The Morgan fingerprint density at radius 2 is 2.31 bits per heavy atom. The fourth-order valence-electron chi connectivity index (χ4n) is 1.08. The van der Waals surface area contributed by atoms with Gasteiger partial charge in [-0.1, -0.05) is 19.1 Å². The summed E-state index contributed by atoms with van der Waals surface area (Å²) in [4.78, 5) is 10.6. The minimum Gasteiger partial charge on any atom is -0.478 e. The van der Waals surface area contributed by atoms with Gasteiger partial charge in [0, 0.05) is 0 Å². The lowest BCUT2D eigenvalue weighted by atomic mass is 10.0. The van der Waals surface area contributed by atoms with Crippen LogP contribution in [0.1, 0.15) is 28.8 Å². The Balaban J connectivity index is 2.98. The summed E-state index contributed by atoms with van der Waals surface area (Å²) < 4.78 is 0. The zero-order chi connectivity index (χ0) is 9.84. The Morgan fingerprint density at radius 1 is 1.62 bits per heavy atom. The molecule has 1 aromatic carbocycles. The Morgan fingerprint density at radius 3 is 2.85 bits per heavy atom. The smallest absolute Gasteiger partial charge is 0.335 e. The summed E-state index contributed by atoms with van der Waals surface area (Å²) in [5.74, 6) is 0.138. The van der Waals surface area contributed by atoms with Crippen molar-refractivity contribution in [3.8, 4) is 0 Å². The van der Waals surface area contributed by atoms with Crippen LogP contribution >= 0.6 is 12.6 Å². The summed E-state index contributed by atoms with van der Waals surface area (Å²) in [7, 11) is 0. The average Bonchev–Trinajstić information content (AvgIpc) is 2.17. The van der Waals surface area contributed by atoms with Gasteiger partial charge in [0.15, 0.2) is 0 Å². The molecule has 0 saturated carbocycles. The largest absolute Gasteiger partial charge is 0.478 e. The first kappa shape index (κ1) is 10.1. The molecule has 0 amide bonds. The quantitative estimate of drug-likeness (QED) is 0.728. The van der Waals surface area contributed by atoms with Gasteiger partial charge >= 0.3 is 5.97 Å². The first-order valence-corrected chi connectivity index (χ1v) is 4.72. The minimum absolute atomic E-state index is 0.294. The highest BCUT2D eigenvalue weighted by Gasteiger charge is 2.06. The van der Waals surface area contributed by atoms with Crippen molar-refractivity contribution in [1.82, 2.24) is 0 Å². The molecule has 1 unspecified atom stereocenters. The van der Waals surface area contributed by atoms with E-state index in [0.717, 1.165) is 11.3 Å². The SMILES string of the molecule is CC(CS)c1cccc(C(=O)O)c1. The Hall–Kier alpha value is -0.960. The van der Waals surface area contributed by atoms with Crippen LogP contribution in [0.2, 0.25) is 0 Å². The van der Waals surface area contributed by atoms with E-state index in [-0.39, 0.29) is 0 Å². The van der Waals surface area contributed by atoms with Gasteiger partial charge in [0.2, 0.25) is 0 Å². The second-order valence-electron chi connectivity index (χ2n) is 3.01. The predicted octanol–water partition coefficient (Wildman–Crippen LogP) is 2.42. The van der Waals surface area contributed by atoms with E-state index in [4.69, 9.17) is 5.11 Å². The molecule has 1 aromatic rings. The zero-order valence-corrected chi connectivity index (χ0v) is 8.29. The van der Waals surface area contributed by atoms with Gasteiger partial charge in [0.05, 0.1) is 5.56 Å². The van der Waals surface area contributed by atoms with Crippen molar-refractivity contribution in [2.45, 2.75) is 12.8 Å². The van der Waals surface area contributed by atoms with Crippen molar-refractivity contribution in [2.75, 3.05) is 5.75 Å². The second kappa shape index (κ2) is 4.33. The third-order valence-corrected chi connectivity index (χ3v) is 2.52. The van der Waals surface area contributed by atoms with Crippen molar-refractivity contribution in [1.29, 1.82) is 0 Å². The first-order chi connectivity index (χ1) is 6.15. The van der Waals surface area contributed by atoms with Crippen molar-refractivity contribution in [3.63, 3.8) is 0 Å². The molecule has 0 aliphatic rings. The lowest BCUT2D eigenvalue weighted by molar-refractivity contribution is 0.0697. The molecule has 0 radical (unpaired) electrons. The molecule has 0 fully saturated rings. The van der Waals surface area contributed by atoms with Crippen molar-refractivity contribution < 1.29 is 9.90 Å². The van der Waals surface area contributed by atoms with Crippen LogP contribution < -0.4 is 0 Å². The molecule has 0 saturated heterocycles. The van der Waals surface area contributed by atoms with Crippen LogP contribution in [0.25, 0.3) is 0 Å². The Kier molecular flexibility index (Phi) is 3.37. The monoisotopic (exact) mass is 196 g/mol. The molecule has 2 nitrogen and oxygen atoms in total. The molecule has 70 valence electrons. The minimum atomic E-state index is -0.881. The molecule has 0 spiro atoms. The molecule has 13 heavy (non-hydrogen) atoms. The molecule has 1 N–H and O–H groups in total. The van der Waals surface area contributed by atoms with Crippen molar-refractivity contribution in [2.24, 2.45) is 0 Å². The van der Waals surface area contributed by atoms with E-state index in [1.165, 1.54) is 0 Å². The highest BCUT2D eigenvalue weighted by Crippen LogP contribution is 2.17. The molecule has 1 atom stereocenters. The summed E-state index contributed by atoms with van der Waals surface area (Å²) in [5, 5.41) is 8.74. The summed E-state index contributed by atoms with van der Waals surface area (Å²) in [6.07, 6.45) is 0. The normalized spacial score (nSPS) is 12.5. The number of rotatable bonds is 3. The summed E-state index contributed by atoms with van der Waals surface area (Å²) in [6, 6.07) is 6.98. The lowest BCUT2D eigenvalue weighted by Crippen LogP contribution is -2.00. The molecular formula is C10H12O2S. The number of thiol groups is 1. The van der Waals surface area contributed by atoms with E-state index in [0.29, 0.717) is 11.5 Å². The Labute approximate surface area is 83.0 Å². The van der Waals surface area contributed by atoms with Gasteiger partial charge < -0.3 is 5.11 Å². The van der Waals surface area contributed by atoms with Crippen LogP contribution in [0.15, 0.2) is 24.3 Å². The standard InChI is InChI=1S/C10H12O2S/c1-7(6-13)8-3-2-4-9(5-8)10(11)12/h2-5,7,13H,6H2,1H3,(H,11,12). The average molecular weight is 196 g/mol. The number of carbonyl (C=O) groups is 1. The van der Waals surface area contributed by atoms with Gasteiger partial charge in [-0.3, -0.25) is 0 Å². The van der Waals surface area contributed by atoms with Crippen molar-refractivity contribution in [3.05, 3.63) is 35.4 Å². The molecular weight excluding hydrogens is 184 g/mol. The van der Waals surface area contributed by atoms with E-state index < -0.39 is 5.97 Å². The number of hydrogen-bond donors (Lipinski definition) is 2. The lowest BCUT2D eigenvalue weighted by Gasteiger charge is -2.08. The topological polar surface area (TPSA) is 37.3 Å². The molecule has 0 aliphatic heterocycles. The van der Waals surface area contributed by atoms with Crippen LogP contribution in [0.3, 0.4) is 0 Å². The second-order valence-corrected chi connectivity index (χ2v) is 3.38. The highest BCUT2D eigenvalue weighted by molar-refractivity contribution is 7.80. The van der Waals surface area contributed by atoms with E-state index in [9.17, 15) is 4.79 Å². The molecule has 0 aromatic heterocycles. The van der Waals surface area contributed by atoms with Gasteiger partial charge in [0.25, 0.3) is 0 Å². The van der Waals surface area contributed by atoms with Crippen LogP contribution in [-0.2, 0) is 0 Å². The van der Waals surface area contributed by atoms with Gasteiger partial charge in [-0.05, 0) is 29.4 Å². The van der Waals surface area contributed by atoms with Gasteiger partial charge in [-0.25, -0.2) is 4.79 Å². The van der Waals surface area contributed by atoms with Crippen LogP contribution in [0.5, 0.6) is 0 Å². The zero-order valence-electron chi connectivity index (χ0n) is 7.40. The summed E-state index contributed by atoms with van der Waals surface area (Å²) >= 11 is 4.17. The first-order valence-electron chi connectivity index (χ1n) is 4.09. The van der Waals surface area contributed by atoms with Crippen LogP contribution in [0.4, 0.5) is 0 Å². The predicted molar refractivity (Wildman–Crippen MR) is 55.7 cm³/mol. The summed E-state index contributed by atoms with van der Waals surface area (Å²) in [6.45, 7) is 2.02. The third-order valence-electron chi connectivity index (χ3n) is 1.98. The maximum Gasteiger partial charge on any atom is 0.335 e. The number of benzene rings is 1. The summed E-state index contributed by atoms with van der Waals surface area (Å²) in [5.41, 5.74) is 1.36. The van der Waals surface area contributed by atoms with Crippen molar-refractivity contribution >= 4 is 18.6 Å². The fourth-order valence-corrected chi connectivity index (χ4v) is 1.29. The maximum absolute atomic E-state index is 10.6.